The SMILES string of the molecule is CO[C@@H]1COCC[C@@H]1C[C@@H]1C[C@H]2OCC[C@@]2(C(=O)N2CCN(c3nccc(C)n3)CC2)C1. The van der Waals surface area contributed by atoms with Crippen LogP contribution in [0.3, 0.4) is 0 Å². The topological polar surface area (TPSA) is 77.0 Å². The van der Waals surface area contributed by atoms with Crippen LogP contribution in [0.25, 0.3) is 0 Å². The quantitative estimate of drug-likeness (QED) is 0.688. The molecule has 0 aromatic carbocycles. The molecule has 0 radical (unpaired) electrons. The summed E-state index contributed by atoms with van der Waals surface area (Å²) in [6.45, 7) is 7.19. The molecule has 176 valence electrons. The highest BCUT2D eigenvalue weighted by Gasteiger charge is 2.57. The van der Waals surface area contributed by atoms with Crippen molar-refractivity contribution in [3.8, 4) is 0 Å². The molecule has 0 spiro atoms. The van der Waals surface area contributed by atoms with Gasteiger partial charge >= 0.3 is 0 Å². The van der Waals surface area contributed by atoms with E-state index in [4.69, 9.17) is 14.2 Å². The third-order valence-corrected chi connectivity index (χ3v) is 8.12. The van der Waals surface area contributed by atoms with Crippen LogP contribution in [0.5, 0.6) is 0 Å². The summed E-state index contributed by atoms with van der Waals surface area (Å²) in [5.41, 5.74) is 0.635. The summed E-state index contributed by atoms with van der Waals surface area (Å²) in [5, 5.41) is 0. The van der Waals surface area contributed by atoms with Gasteiger partial charge in [0.25, 0.3) is 0 Å². The zero-order chi connectivity index (χ0) is 22.1. The zero-order valence-corrected chi connectivity index (χ0v) is 19.4. The zero-order valence-electron chi connectivity index (χ0n) is 19.4. The number of nitrogens with zero attached hydrogens (tertiary/aromatic N) is 4. The molecule has 5 atom stereocenters. The first-order valence-corrected chi connectivity index (χ1v) is 12.1. The summed E-state index contributed by atoms with van der Waals surface area (Å²) in [5.74, 6) is 2.11. The Kier molecular flexibility index (Phi) is 6.36. The summed E-state index contributed by atoms with van der Waals surface area (Å²) < 4.78 is 17.4. The molecule has 0 unspecified atom stereocenters. The van der Waals surface area contributed by atoms with E-state index in [2.05, 4.69) is 19.8 Å². The Hall–Kier alpha value is -1.77. The smallest absolute Gasteiger partial charge is 0.231 e. The number of aryl methyl sites for hydroxylation is 1. The van der Waals surface area contributed by atoms with Gasteiger partial charge in [0, 0.05) is 58.4 Å². The lowest BCUT2D eigenvalue weighted by Crippen LogP contribution is -2.54. The first-order chi connectivity index (χ1) is 15.6. The van der Waals surface area contributed by atoms with E-state index in [9.17, 15) is 4.79 Å². The number of hydrogen-bond donors (Lipinski definition) is 0. The third-order valence-electron chi connectivity index (χ3n) is 8.12. The van der Waals surface area contributed by atoms with Crippen molar-refractivity contribution >= 4 is 11.9 Å². The van der Waals surface area contributed by atoms with E-state index in [0.29, 0.717) is 31.0 Å². The molecule has 4 heterocycles. The number of rotatable bonds is 5. The fraction of sp³-hybridized carbons (Fsp3) is 0.792. The fourth-order valence-corrected chi connectivity index (χ4v) is 6.37. The summed E-state index contributed by atoms with van der Waals surface area (Å²) in [7, 11) is 1.78. The normalized spacial score (nSPS) is 35.2. The number of anilines is 1. The number of piperazine rings is 1. The van der Waals surface area contributed by atoms with E-state index in [0.717, 1.165) is 76.5 Å². The summed E-state index contributed by atoms with van der Waals surface area (Å²) in [6, 6.07) is 1.91. The standard InChI is InChI=1S/C24H36N4O4/c1-17-3-6-25-23(26-17)28-9-7-27(8-10-28)22(29)24-5-12-32-21(24)14-18(15-24)13-19-4-11-31-16-20(19)30-2/h3,6,18-21H,4-5,7-16H2,1-2H3/t18-,19-,20-,21-,24-/m1/s1. The maximum absolute atomic E-state index is 13.8. The minimum absolute atomic E-state index is 0.0685. The van der Waals surface area contributed by atoms with Crippen molar-refractivity contribution in [3.63, 3.8) is 0 Å². The molecule has 4 fully saturated rings. The predicted molar refractivity (Wildman–Crippen MR) is 119 cm³/mol. The lowest BCUT2D eigenvalue weighted by Gasteiger charge is -2.39. The number of fused-ring (bicyclic) bond motifs is 1. The van der Waals surface area contributed by atoms with Gasteiger partial charge in [-0.3, -0.25) is 4.79 Å². The molecule has 32 heavy (non-hydrogen) atoms. The lowest BCUT2D eigenvalue weighted by atomic mass is 9.78. The van der Waals surface area contributed by atoms with E-state index in [1.165, 1.54) is 0 Å². The minimum Gasteiger partial charge on any atom is -0.379 e. The van der Waals surface area contributed by atoms with Crippen LogP contribution in [0.1, 0.15) is 37.8 Å². The molecule has 4 aliphatic rings. The Morgan fingerprint density at radius 1 is 1.28 bits per heavy atom. The first-order valence-electron chi connectivity index (χ1n) is 12.1. The van der Waals surface area contributed by atoms with Gasteiger partial charge < -0.3 is 24.0 Å². The highest BCUT2D eigenvalue weighted by atomic mass is 16.5. The van der Waals surface area contributed by atoms with Gasteiger partial charge in [0.15, 0.2) is 0 Å². The molecule has 1 amide bonds. The molecule has 1 aromatic heterocycles. The summed E-state index contributed by atoms with van der Waals surface area (Å²) in [6.07, 6.45) is 7.00. The molecule has 3 saturated heterocycles. The van der Waals surface area contributed by atoms with Crippen molar-refractivity contribution in [2.45, 2.75) is 51.2 Å². The van der Waals surface area contributed by atoms with Crippen LogP contribution in [0.2, 0.25) is 0 Å². The second-order valence-electron chi connectivity index (χ2n) is 9.98. The molecule has 3 aliphatic heterocycles. The maximum Gasteiger partial charge on any atom is 0.231 e. The van der Waals surface area contributed by atoms with Crippen molar-refractivity contribution in [1.82, 2.24) is 14.9 Å². The lowest BCUT2D eigenvalue weighted by molar-refractivity contribution is -0.144. The fourth-order valence-electron chi connectivity index (χ4n) is 6.37. The average molecular weight is 445 g/mol. The maximum atomic E-state index is 13.8. The van der Waals surface area contributed by atoms with Gasteiger partial charge in [-0.2, -0.15) is 0 Å². The highest BCUT2D eigenvalue weighted by Crippen LogP contribution is 2.53. The summed E-state index contributed by atoms with van der Waals surface area (Å²) >= 11 is 0. The van der Waals surface area contributed by atoms with Gasteiger partial charge in [-0.15, -0.1) is 0 Å². The molecule has 8 nitrogen and oxygen atoms in total. The number of methoxy groups -OCH3 is 1. The molecular weight excluding hydrogens is 408 g/mol. The average Bonchev–Trinajstić information content (AvgIpc) is 3.37. The summed E-state index contributed by atoms with van der Waals surface area (Å²) in [4.78, 5) is 27.0. The van der Waals surface area contributed by atoms with E-state index in [-0.39, 0.29) is 17.6 Å². The van der Waals surface area contributed by atoms with Gasteiger partial charge in [-0.1, -0.05) is 0 Å². The van der Waals surface area contributed by atoms with Crippen LogP contribution in [-0.4, -0.2) is 86.1 Å². The van der Waals surface area contributed by atoms with Crippen molar-refractivity contribution < 1.29 is 19.0 Å². The van der Waals surface area contributed by atoms with Gasteiger partial charge in [0.2, 0.25) is 11.9 Å². The Labute approximate surface area is 190 Å². The third kappa shape index (κ3) is 4.13. The second kappa shape index (κ2) is 9.23. The largest absolute Gasteiger partial charge is 0.379 e. The van der Waals surface area contributed by atoms with Crippen molar-refractivity contribution in [2.75, 3.05) is 58.0 Å². The molecule has 5 rings (SSSR count). The van der Waals surface area contributed by atoms with Crippen LogP contribution in [-0.2, 0) is 19.0 Å². The Morgan fingerprint density at radius 2 is 2.12 bits per heavy atom. The Bertz CT molecular complexity index is 815. The van der Waals surface area contributed by atoms with Crippen LogP contribution in [0.15, 0.2) is 12.3 Å². The van der Waals surface area contributed by atoms with E-state index >= 15 is 0 Å². The van der Waals surface area contributed by atoms with Gasteiger partial charge in [0.1, 0.15) is 0 Å². The molecule has 0 N–H and O–H groups in total. The Morgan fingerprint density at radius 3 is 2.91 bits per heavy atom. The van der Waals surface area contributed by atoms with Gasteiger partial charge in [0.05, 0.1) is 24.2 Å². The van der Waals surface area contributed by atoms with Gasteiger partial charge in [-0.25, -0.2) is 9.97 Å². The van der Waals surface area contributed by atoms with Crippen LogP contribution in [0, 0.1) is 24.2 Å². The Balaban J connectivity index is 1.22. The number of hydrogen-bond acceptors (Lipinski definition) is 7. The first kappa shape index (κ1) is 22.0. The van der Waals surface area contributed by atoms with Crippen LogP contribution >= 0.6 is 0 Å². The molecule has 0 bridgehead atoms. The van der Waals surface area contributed by atoms with E-state index in [1.54, 1.807) is 13.3 Å². The molecule has 1 saturated carbocycles. The number of ether oxygens (including phenoxy) is 3. The monoisotopic (exact) mass is 444 g/mol. The van der Waals surface area contributed by atoms with Crippen LogP contribution in [0.4, 0.5) is 5.95 Å². The second-order valence-corrected chi connectivity index (χ2v) is 9.98. The van der Waals surface area contributed by atoms with E-state index < -0.39 is 0 Å². The van der Waals surface area contributed by atoms with Crippen molar-refractivity contribution in [3.05, 3.63) is 18.0 Å². The van der Waals surface area contributed by atoms with Crippen molar-refractivity contribution in [1.29, 1.82) is 0 Å². The highest BCUT2D eigenvalue weighted by molar-refractivity contribution is 5.84. The van der Waals surface area contributed by atoms with Crippen LogP contribution < -0.4 is 4.90 Å². The predicted octanol–water partition coefficient (Wildman–Crippen LogP) is 2.06. The molecular formula is C24H36N4O4. The van der Waals surface area contributed by atoms with E-state index in [1.807, 2.05) is 13.0 Å². The molecule has 1 aromatic rings. The number of aromatic nitrogens is 2. The molecule has 8 heteroatoms. The number of carbonyl (C=O) groups excluding carboxylic acids is 1. The van der Waals surface area contributed by atoms with Gasteiger partial charge in [-0.05, 0) is 56.9 Å². The number of carbonyl (C=O) groups is 1. The number of amides is 1. The molecule has 1 aliphatic carbocycles. The minimum atomic E-state index is -0.333. The van der Waals surface area contributed by atoms with Crippen molar-refractivity contribution in [2.24, 2.45) is 17.3 Å².